The van der Waals surface area contributed by atoms with E-state index < -0.39 is 11.9 Å². The maximum Gasteiger partial charge on any atom is 0.435 e. The summed E-state index contributed by atoms with van der Waals surface area (Å²) >= 11 is 0. The first-order chi connectivity index (χ1) is 11.8. The van der Waals surface area contributed by atoms with Crippen molar-refractivity contribution in [3.63, 3.8) is 0 Å². The number of halogens is 3. The van der Waals surface area contributed by atoms with Crippen molar-refractivity contribution in [2.24, 2.45) is 0 Å². The summed E-state index contributed by atoms with van der Waals surface area (Å²) in [6, 6.07) is 1.10. The Morgan fingerprint density at radius 2 is 2.16 bits per heavy atom. The van der Waals surface area contributed by atoms with Crippen LogP contribution in [-0.4, -0.2) is 52.5 Å². The summed E-state index contributed by atoms with van der Waals surface area (Å²) in [7, 11) is 0. The minimum absolute atomic E-state index is 0.0614. The van der Waals surface area contributed by atoms with Crippen LogP contribution in [0, 0.1) is 0 Å². The monoisotopic (exact) mass is 359 g/mol. The van der Waals surface area contributed by atoms with E-state index in [0.29, 0.717) is 13.2 Å². The standard InChI is InChI=1S/C17H24F3N3O2/c1-12(2)25-11-16-5-3-7-23(16)13(4-6-16)10-24-14-8-15(17(18,19)20)22-21-9-14/h8-9,12-13H,3-7,10-11H2,1-2H3/t13-,16-/m0/s1. The van der Waals surface area contributed by atoms with Crippen molar-refractivity contribution in [1.29, 1.82) is 0 Å². The molecule has 25 heavy (non-hydrogen) atoms. The molecule has 5 nitrogen and oxygen atoms in total. The Labute approximate surface area is 145 Å². The van der Waals surface area contributed by atoms with Crippen molar-refractivity contribution in [2.45, 2.75) is 63.4 Å². The summed E-state index contributed by atoms with van der Waals surface area (Å²) in [6.45, 7) is 6.10. The summed E-state index contributed by atoms with van der Waals surface area (Å²) in [6.07, 6.45) is 1.12. The topological polar surface area (TPSA) is 47.5 Å². The summed E-state index contributed by atoms with van der Waals surface area (Å²) in [4.78, 5) is 2.43. The highest BCUT2D eigenvalue weighted by Gasteiger charge is 2.49. The quantitative estimate of drug-likeness (QED) is 0.780. The largest absolute Gasteiger partial charge is 0.490 e. The van der Waals surface area contributed by atoms with Crippen LogP contribution in [0.4, 0.5) is 13.2 Å². The third kappa shape index (κ3) is 4.06. The van der Waals surface area contributed by atoms with Crippen molar-refractivity contribution in [3.8, 4) is 5.75 Å². The summed E-state index contributed by atoms with van der Waals surface area (Å²) in [5.74, 6) is 0.109. The van der Waals surface area contributed by atoms with E-state index in [9.17, 15) is 13.2 Å². The molecule has 1 aromatic heterocycles. The molecule has 8 heteroatoms. The number of ether oxygens (including phenoxy) is 2. The van der Waals surface area contributed by atoms with Crippen LogP contribution in [0.25, 0.3) is 0 Å². The van der Waals surface area contributed by atoms with E-state index in [2.05, 4.69) is 15.1 Å². The van der Waals surface area contributed by atoms with Gasteiger partial charge in [0.2, 0.25) is 0 Å². The molecular formula is C17H24F3N3O2. The van der Waals surface area contributed by atoms with Crippen LogP contribution in [0.1, 0.15) is 45.2 Å². The summed E-state index contributed by atoms with van der Waals surface area (Å²) in [5, 5.41) is 6.51. The third-order valence-corrected chi connectivity index (χ3v) is 5.08. The molecule has 2 aliphatic heterocycles. The van der Waals surface area contributed by atoms with E-state index in [1.54, 1.807) is 0 Å². The molecule has 140 valence electrons. The highest BCUT2D eigenvalue weighted by molar-refractivity contribution is 5.21. The van der Waals surface area contributed by atoms with Gasteiger partial charge in [0.25, 0.3) is 0 Å². The number of aromatic nitrogens is 2. The molecule has 3 heterocycles. The second kappa shape index (κ2) is 7.07. The SMILES string of the molecule is CC(C)OC[C@@]12CCCN1[C@H](COc1cnnc(C(F)(F)F)c1)CC2. The van der Waals surface area contributed by atoms with Gasteiger partial charge in [-0.15, -0.1) is 5.10 Å². The molecule has 0 radical (unpaired) electrons. The van der Waals surface area contributed by atoms with E-state index in [1.165, 1.54) is 6.20 Å². The van der Waals surface area contributed by atoms with Crippen LogP contribution >= 0.6 is 0 Å². The van der Waals surface area contributed by atoms with Gasteiger partial charge in [0, 0.05) is 17.6 Å². The average molecular weight is 359 g/mol. The van der Waals surface area contributed by atoms with Crippen LogP contribution in [0.5, 0.6) is 5.75 Å². The maximum atomic E-state index is 12.7. The van der Waals surface area contributed by atoms with Crippen molar-refractivity contribution < 1.29 is 22.6 Å². The summed E-state index contributed by atoms with van der Waals surface area (Å²) in [5.41, 5.74) is -0.969. The van der Waals surface area contributed by atoms with Gasteiger partial charge in [0.1, 0.15) is 12.4 Å². The minimum atomic E-state index is -4.52. The van der Waals surface area contributed by atoms with Gasteiger partial charge in [-0.25, -0.2) is 0 Å². The first-order valence-electron chi connectivity index (χ1n) is 8.71. The Kier molecular flexibility index (Phi) is 5.20. The first-order valence-corrected chi connectivity index (χ1v) is 8.71. The smallest absolute Gasteiger partial charge is 0.435 e. The number of nitrogens with zero attached hydrogens (tertiary/aromatic N) is 3. The van der Waals surface area contributed by atoms with E-state index >= 15 is 0 Å². The Morgan fingerprint density at radius 1 is 1.36 bits per heavy atom. The lowest BCUT2D eigenvalue weighted by molar-refractivity contribution is -0.141. The molecule has 0 unspecified atom stereocenters. The third-order valence-electron chi connectivity index (χ3n) is 5.08. The predicted molar refractivity (Wildman–Crippen MR) is 85.3 cm³/mol. The Hall–Kier alpha value is -1.41. The fourth-order valence-corrected chi connectivity index (χ4v) is 3.87. The van der Waals surface area contributed by atoms with Gasteiger partial charge in [0.15, 0.2) is 5.69 Å². The van der Waals surface area contributed by atoms with Crippen LogP contribution < -0.4 is 4.74 Å². The Balaban J connectivity index is 1.61. The van der Waals surface area contributed by atoms with Gasteiger partial charge >= 0.3 is 6.18 Å². The normalized spacial score (nSPS) is 27.0. The molecule has 2 fully saturated rings. The second-order valence-electron chi connectivity index (χ2n) is 7.16. The minimum Gasteiger partial charge on any atom is -0.490 e. The zero-order valence-electron chi connectivity index (χ0n) is 14.6. The van der Waals surface area contributed by atoms with Crippen molar-refractivity contribution in [3.05, 3.63) is 18.0 Å². The van der Waals surface area contributed by atoms with Crippen molar-refractivity contribution >= 4 is 0 Å². The number of hydrogen-bond donors (Lipinski definition) is 0. The zero-order chi connectivity index (χ0) is 18.1. The first kappa shape index (κ1) is 18.4. The molecule has 0 aromatic carbocycles. The fourth-order valence-electron chi connectivity index (χ4n) is 3.87. The molecule has 2 saturated heterocycles. The van der Waals surface area contributed by atoms with E-state index in [1.807, 2.05) is 13.8 Å². The molecule has 0 saturated carbocycles. The van der Waals surface area contributed by atoms with Crippen molar-refractivity contribution in [2.75, 3.05) is 19.8 Å². The molecule has 3 rings (SSSR count). The number of rotatable bonds is 6. The molecule has 0 bridgehead atoms. The average Bonchev–Trinajstić information content (AvgIpc) is 3.10. The number of hydrogen-bond acceptors (Lipinski definition) is 5. The molecule has 1 aromatic rings. The van der Waals surface area contributed by atoms with E-state index in [0.717, 1.165) is 38.3 Å². The molecule has 0 N–H and O–H groups in total. The molecule has 0 spiro atoms. The van der Waals surface area contributed by atoms with Crippen LogP contribution in [0.2, 0.25) is 0 Å². The molecule has 0 aliphatic carbocycles. The Morgan fingerprint density at radius 3 is 2.88 bits per heavy atom. The predicted octanol–water partition coefficient (Wildman–Crippen LogP) is 3.30. The van der Waals surface area contributed by atoms with Gasteiger partial charge in [-0.05, 0) is 46.1 Å². The van der Waals surface area contributed by atoms with Crippen LogP contribution in [0.3, 0.4) is 0 Å². The molecule has 2 atom stereocenters. The Bertz CT molecular complexity index is 597. The highest BCUT2D eigenvalue weighted by Crippen LogP contribution is 2.43. The molecular weight excluding hydrogens is 335 g/mol. The van der Waals surface area contributed by atoms with Crippen molar-refractivity contribution in [1.82, 2.24) is 15.1 Å². The van der Waals surface area contributed by atoms with E-state index in [-0.39, 0.29) is 23.4 Å². The lowest BCUT2D eigenvalue weighted by Crippen LogP contribution is -2.47. The lowest BCUT2D eigenvalue weighted by atomic mass is 9.95. The number of fused-ring (bicyclic) bond motifs is 1. The number of alkyl halides is 3. The van der Waals surface area contributed by atoms with Gasteiger partial charge in [-0.2, -0.15) is 18.3 Å². The zero-order valence-corrected chi connectivity index (χ0v) is 14.6. The van der Waals surface area contributed by atoms with Gasteiger partial charge in [-0.3, -0.25) is 4.90 Å². The molecule has 2 aliphatic rings. The fraction of sp³-hybridized carbons (Fsp3) is 0.765. The van der Waals surface area contributed by atoms with Crippen LogP contribution in [0.15, 0.2) is 12.3 Å². The summed E-state index contributed by atoms with van der Waals surface area (Å²) < 4.78 is 49.6. The van der Waals surface area contributed by atoms with Gasteiger partial charge < -0.3 is 9.47 Å². The van der Waals surface area contributed by atoms with Gasteiger partial charge in [-0.1, -0.05) is 0 Å². The lowest BCUT2D eigenvalue weighted by Gasteiger charge is -2.35. The molecule has 0 amide bonds. The second-order valence-corrected chi connectivity index (χ2v) is 7.16. The van der Waals surface area contributed by atoms with E-state index in [4.69, 9.17) is 9.47 Å². The van der Waals surface area contributed by atoms with Crippen LogP contribution in [-0.2, 0) is 10.9 Å². The highest BCUT2D eigenvalue weighted by atomic mass is 19.4. The maximum absolute atomic E-state index is 12.7. The van der Waals surface area contributed by atoms with Gasteiger partial charge in [0.05, 0.1) is 18.9 Å².